The van der Waals surface area contributed by atoms with Crippen LogP contribution in [0.1, 0.15) is 23.2 Å². The van der Waals surface area contributed by atoms with Gasteiger partial charge in [-0.2, -0.15) is 0 Å². The molecule has 2 saturated heterocycles. The molecule has 154 valence electrons. The van der Waals surface area contributed by atoms with Crippen molar-refractivity contribution in [2.24, 2.45) is 0 Å². The Morgan fingerprint density at radius 2 is 1.93 bits per heavy atom. The van der Waals surface area contributed by atoms with Crippen LogP contribution in [0.3, 0.4) is 0 Å². The Morgan fingerprint density at radius 1 is 1.14 bits per heavy atom. The number of aromatic nitrogens is 2. The standard InChI is InChI=1S/C21H27N5O3/c1-28-21(27)16-4-6-18(7-5-16)26-8-2-3-17(14-26)24-19-13-20(23-15-22-19)25-9-11-29-12-10-25/h4-7,13,15,17H,2-3,8-12,14H2,1H3,(H,22,23,24)/t17-/m1/s1. The third kappa shape index (κ3) is 4.76. The number of hydrogen-bond donors (Lipinski definition) is 1. The monoisotopic (exact) mass is 397 g/mol. The first-order valence-electron chi connectivity index (χ1n) is 10.1. The van der Waals surface area contributed by atoms with Gasteiger partial charge in [0.25, 0.3) is 0 Å². The van der Waals surface area contributed by atoms with Gasteiger partial charge in [-0.25, -0.2) is 14.8 Å². The first-order chi connectivity index (χ1) is 14.2. The van der Waals surface area contributed by atoms with Gasteiger partial charge < -0.3 is 24.6 Å². The topological polar surface area (TPSA) is 79.8 Å². The lowest BCUT2D eigenvalue weighted by Gasteiger charge is -2.35. The molecule has 0 unspecified atom stereocenters. The molecular weight excluding hydrogens is 370 g/mol. The SMILES string of the molecule is COC(=O)c1ccc(N2CCC[C@@H](Nc3cc(N4CCOCC4)ncn3)C2)cc1. The Kier molecular flexibility index (Phi) is 6.09. The molecule has 0 aliphatic carbocycles. The molecule has 3 heterocycles. The zero-order valence-electron chi connectivity index (χ0n) is 16.7. The number of ether oxygens (including phenoxy) is 2. The summed E-state index contributed by atoms with van der Waals surface area (Å²) in [7, 11) is 1.40. The number of nitrogens with one attached hydrogen (secondary N) is 1. The Labute approximate surface area is 170 Å². The van der Waals surface area contributed by atoms with Crippen molar-refractivity contribution >= 4 is 23.3 Å². The van der Waals surface area contributed by atoms with Crippen LogP contribution in [0, 0.1) is 0 Å². The normalized spacial score (nSPS) is 19.7. The average molecular weight is 397 g/mol. The Balaban J connectivity index is 1.39. The van der Waals surface area contributed by atoms with Crippen molar-refractivity contribution in [3.8, 4) is 0 Å². The Bertz CT molecular complexity index is 823. The molecule has 1 aromatic carbocycles. The van der Waals surface area contributed by atoms with Gasteiger partial charge in [0.05, 0.1) is 25.9 Å². The number of benzene rings is 1. The lowest BCUT2D eigenvalue weighted by molar-refractivity contribution is 0.0600. The number of carbonyl (C=O) groups excluding carboxylic acids is 1. The average Bonchev–Trinajstić information content (AvgIpc) is 2.79. The fourth-order valence-electron chi connectivity index (χ4n) is 3.86. The number of nitrogens with zero attached hydrogens (tertiary/aromatic N) is 4. The van der Waals surface area contributed by atoms with Crippen LogP contribution in [0.2, 0.25) is 0 Å². The van der Waals surface area contributed by atoms with Gasteiger partial charge in [0.1, 0.15) is 18.0 Å². The molecule has 0 saturated carbocycles. The molecule has 4 rings (SSSR count). The second-order valence-electron chi connectivity index (χ2n) is 7.33. The number of carbonyl (C=O) groups is 1. The van der Waals surface area contributed by atoms with Gasteiger partial charge in [-0.05, 0) is 37.1 Å². The van der Waals surface area contributed by atoms with Crippen molar-refractivity contribution in [3.63, 3.8) is 0 Å². The molecule has 2 aromatic rings. The van der Waals surface area contributed by atoms with E-state index in [1.54, 1.807) is 6.33 Å². The van der Waals surface area contributed by atoms with E-state index in [9.17, 15) is 4.79 Å². The van der Waals surface area contributed by atoms with E-state index in [4.69, 9.17) is 9.47 Å². The Hall–Kier alpha value is -2.87. The van der Waals surface area contributed by atoms with Gasteiger partial charge in [0.2, 0.25) is 0 Å². The minimum absolute atomic E-state index is 0.302. The fraction of sp³-hybridized carbons (Fsp3) is 0.476. The highest BCUT2D eigenvalue weighted by molar-refractivity contribution is 5.89. The van der Waals surface area contributed by atoms with Crippen LogP contribution in [0.25, 0.3) is 0 Å². The predicted molar refractivity (Wildman–Crippen MR) is 112 cm³/mol. The highest BCUT2D eigenvalue weighted by atomic mass is 16.5. The summed E-state index contributed by atoms with van der Waals surface area (Å²) in [4.78, 5) is 25.0. The zero-order chi connectivity index (χ0) is 20.1. The summed E-state index contributed by atoms with van der Waals surface area (Å²) in [6.07, 6.45) is 3.81. The molecule has 2 aliphatic rings. The summed E-state index contributed by atoms with van der Waals surface area (Å²) in [6, 6.07) is 9.92. The zero-order valence-corrected chi connectivity index (χ0v) is 16.7. The van der Waals surface area contributed by atoms with Crippen molar-refractivity contribution in [2.75, 3.05) is 61.6 Å². The highest BCUT2D eigenvalue weighted by Crippen LogP contribution is 2.23. The molecule has 0 spiro atoms. The number of methoxy groups -OCH3 is 1. The highest BCUT2D eigenvalue weighted by Gasteiger charge is 2.21. The summed E-state index contributed by atoms with van der Waals surface area (Å²) in [5.74, 6) is 1.49. The van der Waals surface area contributed by atoms with Crippen LogP contribution in [-0.2, 0) is 9.47 Å². The van der Waals surface area contributed by atoms with Crippen LogP contribution in [0.5, 0.6) is 0 Å². The van der Waals surface area contributed by atoms with Crippen molar-refractivity contribution < 1.29 is 14.3 Å². The number of hydrogen-bond acceptors (Lipinski definition) is 8. The van der Waals surface area contributed by atoms with E-state index >= 15 is 0 Å². The molecule has 0 amide bonds. The van der Waals surface area contributed by atoms with E-state index in [1.165, 1.54) is 7.11 Å². The number of piperidine rings is 1. The fourth-order valence-corrected chi connectivity index (χ4v) is 3.86. The van der Waals surface area contributed by atoms with Crippen molar-refractivity contribution in [3.05, 3.63) is 42.2 Å². The second kappa shape index (κ2) is 9.09. The molecule has 1 atom stereocenters. The lowest BCUT2D eigenvalue weighted by Crippen LogP contribution is -2.42. The van der Waals surface area contributed by atoms with Gasteiger partial charge in [-0.1, -0.05) is 0 Å². The summed E-state index contributed by atoms with van der Waals surface area (Å²) < 4.78 is 10.2. The number of rotatable bonds is 5. The van der Waals surface area contributed by atoms with Crippen LogP contribution in [0.15, 0.2) is 36.7 Å². The lowest BCUT2D eigenvalue weighted by atomic mass is 10.0. The van der Waals surface area contributed by atoms with E-state index in [-0.39, 0.29) is 5.97 Å². The van der Waals surface area contributed by atoms with Crippen molar-refractivity contribution in [1.82, 2.24) is 9.97 Å². The molecule has 8 heteroatoms. The minimum atomic E-state index is -0.311. The van der Waals surface area contributed by atoms with Crippen molar-refractivity contribution in [1.29, 1.82) is 0 Å². The van der Waals surface area contributed by atoms with E-state index in [2.05, 4.69) is 25.1 Å². The number of anilines is 3. The predicted octanol–water partition coefficient (Wildman–Crippen LogP) is 2.18. The molecule has 2 aliphatic heterocycles. The van der Waals surface area contributed by atoms with E-state index in [0.717, 1.165) is 69.6 Å². The first kappa shape index (κ1) is 19.4. The summed E-state index contributed by atoms with van der Waals surface area (Å²) in [5.41, 5.74) is 1.68. The molecular formula is C21H27N5O3. The van der Waals surface area contributed by atoms with E-state index in [1.807, 2.05) is 30.3 Å². The summed E-state index contributed by atoms with van der Waals surface area (Å²) in [5, 5.41) is 3.57. The molecule has 1 N–H and O–H groups in total. The maximum Gasteiger partial charge on any atom is 0.337 e. The molecule has 0 radical (unpaired) electrons. The molecule has 2 fully saturated rings. The molecule has 0 bridgehead atoms. The number of morpholine rings is 1. The maximum atomic E-state index is 11.6. The third-order valence-electron chi connectivity index (χ3n) is 5.41. The van der Waals surface area contributed by atoms with Gasteiger partial charge in [-0.3, -0.25) is 0 Å². The summed E-state index contributed by atoms with van der Waals surface area (Å²) in [6.45, 7) is 5.07. The van der Waals surface area contributed by atoms with Crippen LogP contribution in [0.4, 0.5) is 17.3 Å². The van der Waals surface area contributed by atoms with Gasteiger partial charge in [-0.15, -0.1) is 0 Å². The second-order valence-corrected chi connectivity index (χ2v) is 7.33. The van der Waals surface area contributed by atoms with Crippen molar-refractivity contribution in [2.45, 2.75) is 18.9 Å². The quantitative estimate of drug-likeness (QED) is 0.769. The molecule has 1 aromatic heterocycles. The van der Waals surface area contributed by atoms with Crippen LogP contribution in [-0.4, -0.2) is 68.5 Å². The van der Waals surface area contributed by atoms with Crippen LogP contribution < -0.4 is 15.1 Å². The van der Waals surface area contributed by atoms with Crippen LogP contribution >= 0.6 is 0 Å². The maximum absolute atomic E-state index is 11.6. The van der Waals surface area contributed by atoms with E-state index in [0.29, 0.717) is 11.6 Å². The number of esters is 1. The largest absolute Gasteiger partial charge is 0.465 e. The smallest absolute Gasteiger partial charge is 0.337 e. The van der Waals surface area contributed by atoms with E-state index < -0.39 is 0 Å². The third-order valence-corrected chi connectivity index (χ3v) is 5.41. The first-order valence-corrected chi connectivity index (χ1v) is 10.1. The van der Waals surface area contributed by atoms with Gasteiger partial charge in [0.15, 0.2) is 0 Å². The van der Waals surface area contributed by atoms with Gasteiger partial charge in [0, 0.05) is 44.0 Å². The minimum Gasteiger partial charge on any atom is -0.465 e. The molecule has 29 heavy (non-hydrogen) atoms. The van der Waals surface area contributed by atoms with Gasteiger partial charge >= 0.3 is 5.97 Å². The summed E-state index contributed by atoms with van der Waals surface area (Å²) >= 11 is 0. The molecule has 8 nitrogen and oxygen atoms in total. The Morgan fingerprint density at radius 3 is 2.69 bits per heavy atom.